The van der Waals surface area contributed by atoms with E-state index in [1.807, 2.05) is 0 Å². The van der Waals surface area contributed by atoms with Crippen LogP contribution in [0.2, 0.25) is 0 Å². The molecule has 1 rings (SSSR count). The summed E-state index contributed by atoms with van der Waals surface area (Å²) >= 11 is 4.30. The highest BCUT2D eigenvalue weighted by atomic mass is 35.5. The van der Waals surface area contributed by atoms with Crippen molar-refractivity contribution in [2.75, 3.05) is 5.73 Å². The second-order valence-electron chi connectivity index (χ2n) is 3.12. The van der Waals surface area contributed by atoms with E-state index in [0.717, 1.165) is 0 Å². The average molecular weight is 242 g/mol. The largest absolute Gasteiger partial charge is 0.399 e. The van der Waals surface area contributed by atoms with Crippen molar-refractivity contribution in [1.82, 2.24) is 0 Å². The minimum Gasteiger partial charge on any atom is -0.399 e. The Morgan fingerprint density at radius 2 is 1.80 bits per heavy atom. The highest BCUT2D eigenvalue weighted by Crippen LogP contribution is 2.40. The number of benzene rings is 1. The Morgan fingerprint density at radius 1 is 1.20 bits per heavy atom. The fraction of sp³-hybridized carbons (Fsp3) is 0.333. The smallest absolute Gasteiger partial charge is 0.384 e. The van der Waals surface area contributed by atoms with Crippen LogP contribution in [-0.2, 0) is 6.42 Å². The molecule has 0 fully saturated rings. The Hall–Kier alpha value is -0.970. The van der Waals surface area contributed by atoms with Gasteiger partial charge >= 0.3 is 11.3 Å². The number of hydrogen-bond acceptors (Lipinski definition) is 1. The van der Waals surface area contributed by atoms with Gasteiger partial charge in [0.25, 0.3) is 0 Å². The molecular formula is C9H8ClF4N. The summed E-state index contributed by atoms with van der Waals surface area (Å²) in [5, 5.41) is -4.56. The number of anilines is 1. The number of nitrogens with two attached hydrogens (primary N) is 1. The molecule has 0 radical (unpaired) electrons. The predicted molar refractivity (Wildman–Crippen MR) is 50.3 cm³/mol. The molecule has 1 nitrogen and oxygen atoms in total. The Morgan fingerprint density at radius 3 is 2.27 bits per heavy atom. The summed E-state index contributed by atoms with van der Waals surface area (Å²) < 4.78 is 50.2. The minimum atomic E-state index is -4.56. The highest BCUT2D eigenvalue weighted by Gasteiger charge is 2.54. The zero-order valence-electron chi connectivity index (χ0n) is 7.48. The van der Waals surface area contributed by atoms with Crippen LogP contribution in [0.25, 0.3) is 0 Å². The van der Waals surface area contributed by atoms with Crippen molar-refractivity contribution in [2.24, 2.45) is 0 Å². The van der Waals surface area contributed by atoms with E-state index in [1.54, 1.807) is 0 Å². The average Bonchev–Trinajstić information content (AvgIpc) is 2.00. The van der Waals surface area contributed by atoms with Gasteiger partial charge in [-0.1, -0.05) is 12.1 Å². The fourth-order valence-electron chi connectivity index (χ4n) is 1.06. The van der Waals surface area contributed by atoms with Gasteiger partial charge in [0.2, 0.25) is 0 Å². The minimum absolute atomic E-state index is 0.0142. The van der Waals surface area contributed by atoms with Gasteiger partial charge in [-0.25, -0.2) is 0 Å². The molecule has 0 aliphatic carbocycles. The molecule has 0 saturated carbocycles. The number of halogens is 5. The molecule has 0 aromatic heterocycles. The summed E-state index contributed by atoms with van der Waals surface area (Å²) in [6.07, 6.45) is -1.14. The van der Waals surface area contributed by atoms with E-state index in [-0.39, 0.29) is 11.3 Å². The van der Waals surface area contributed by atoms with Crippen molar-refractivity contribution in [3.63, 3.8) is 0 Å². The molecule has 0 atom stereocenters. The summed E-state index contributed by atoms with van der Waals surface area (Å²) in [4.78, 5) is 0. The molecule has 0 heterocycles. The summed E-state index contributed by atoms with van der Waals surface area (Å²) in [6.45, 7) is 0. The van der Waals surface area contributed by atoms with Crippen LogP contribution in [-0.4, -0.2) is 11.3 Å². The Balaban J connectivity index is 2.87. The third-order valence-electron chi connectivity index (χ3n) is 1.79. The monoisotopic (exact) mass is 241 g/mol. The number of rotatable bonds is 3. The van der Waals surface area contributed by atoms with E-state index >= 15 is 0 Å². The van der Waals surface area contributed by atoms with Gasteiger partial charge in [-0.2, -0.15) is 17.6 Å². The van der Waals surface area contributed by atoms with Crippen molar-refractivity contribution in [1.29, 1.82) is 0 Å². The lowest BCUT2D eigenvalue weighted by atomic mass is 10.1. The maximum absolute atomic E-state index is 12.8. The van der Waals surface area contributed by atoms with Gasteiger partial charge in [-0.05, 0) is 29.3 Å². The second-order valence-corrected chi connectivity index (χ2v) is 3.60. The third kappa shape index (κ3) is 2.99. The van der Waals surface area contributed by atoms with Gasteiger partial charge in [0.1, 0.15) is 0 Å². The number of alkyl halides is 5. The molecule has 0 aliphatic heterocycles. The van der Waals surface area contributed by atoms with Crippen LogP contribution in [0.4, 0.5) is 23.2 Å². The quantitative estimate of drug-likeness (QED) is 0.491. The molecule has 1 aromatic rings. The van der Waals surface area contributed by atoms with E-state index in [2.05, 4.69) is 11.6 Å². The van der Waals surface area contributed by atoms with Crippen LogP contribution in [0.3, 0.4) is 0 Å². The molecular weight excluding hydrogens is 234 g/mol. The Kier molecular flexibility index (Phi) is 3.13. The van der Waals surface area contributed by atoms with Gasteiger partial charge in [-0.3, -0.25) is 0 Å². The molecule has 0 bridgehead atoms. The van der Waals surface area contributed by atoms with Crippen molar-refractivity contribution in [3.05, 3.63) is 29.8 Å². The normalized spacial score (nSPS) is 12.9. The van der Waals surface area contributed by atoms with Gasteiger partial charge in [0, 0.05) is 12.1 Å². The first-order valence-electron chi connectivity index (χ1n) is 4.01. The van der Waals surface area contributed by atoms with Crippen LogP contribution < -0.4 is 5.73 Å². The summed E-state index contributed by atoms with van der Waals surface area (Å²) in [5.41, 5.74) is 5.57. The Labute approximate surface area is 88.8 Å². The first kappa shape index (κ1) is 12.1. The lowest BCUT2D eigenvalue weighted by Crippen LogP contribution is -2.37. The van der Waals surface area contributed by atoms with Gasteiger partial charge < -0.3 is 5.73 Å². The molecule has 0 aliphatic rings. The van der Waals surface area contributed by atoms with Crippen LogP contribution in [0.15, 0.2) is 24.3 Å². The molecule has 1 aromatic carbocycles. The van der Waals surface area contributed by atoms with Gasteiger partial charge in [-0.15, -0.1) is 0 Å². The van der Waals surface area contributed by atoms with Crippen molar-refractivity contribution in [2.45, 2.75) is 17.7 Å². The molecule has 0 unspecified atom stereocenters. The highest BCUT2D eigenvalue weighted by molar-refractivity contribution is 6.22. The van der Waals surface area contributed by atoms with Crippen LogP contribution in [0.5, 0.6) is 0 Å². The van der Waals surface area contributed by atoms with Crippen molar-refractivity contribution in [3.8, 4) is 0 Å². The summed E-state index contributed by atoms with van der Waals surface area (Å²) in [6, 6.07) is 5.37. The van der Waals surface area contributed by atoms with E-state index in [0.29, 0.717) is 0 Å². The first-order valence-corrected chi connectivity index (χ1v) is 4.39. The summed E-state index contributed by atoms with van der Waals surface area (Å²) in [7, 11) is 0. The van der Waals surface area contributed by atoms with Gasteiger partial charge in [0.15, 0.2) is 0 Å². The van der Waals surface area contributed by atoms with E-state index in [9.17, 15) is 17.6 Å². The van der Waals surface area contributed by atoms with Crippen molar-refractivity contribution < 1.29 is 17.6 Å². The lowest BCUT2D eigenvalue weighted by molar-refractivity contribution is -0.155. The molecule has 6 heteroatoms. The van der Waals surface area contributed by atoms with Crippen LogP contribution in [0, 0.1) is 0 Å². The fourth-order valence-corrected chi connectivity index (χ4v) is 1.13. The number of nitrogen functional groups attached to an aromatic ring is 1. The SMILES string of the molecule is Nc1cccc(CC(F)(F)C(F)(F)Cl)c1. The van der Waals surface area contributed by atoms with Crippen LogP contribution >= 0.6 is 11.6 Å². The second kappa shape index (κ2) is 3.89. The van der Waals surface area contributed by atoms with E-state index < -0.39 is 17.7 Å². The van der Waals surface area contributed by atoms with Crippen LogP contribution in [0.1, 0.15) is 5.56 Å². The molecule has 0 spiro atoms. The molecule has 0 amide bonds. The first-order chi connectivity index (χ1) is 6.72. The zero-order chi connectivity index (χ0) is 11.7. The maximum Gasteiger partial charge on any atom is 0.384 e. The summed E-state index contributed by atoms with van der Waals surface area (Å²) in [5.74, 6) is -4.29. The third-order valence-corrected chi connectivity index (χ3v) is 2.07. The Bertz CT molecular complexity index is 348. The standard InChI is InChI=1S/C9H8ClF4N/c10-9(13,14)8(11,12)5-6-2-1-3-7(15)4-6/h1-4H,5,15H2. The van der Waals surface area contributed by atoms with Gasteiger partial charge in [0.05, 0.1) is 0 Å². The van der Waals surface area contributed by atoms with Crippen molar-refractivity contribution >= 4 is 17.3 Å². The predicted octanol–water partition coefficient (Wildman–Crippen LogP) is 3.28. The number of hydrogen-bond donors (Lipinski definition) is 1. The maximum atomic E-state index is 12.8. The molecule has 0 saturated heterocycles. The topological polar surface area (TPSA) is 26.0 Å². The zero-order valence-corrected chi connectivity index (χ0v) is 8.24. The molecule has 15 heavy (non-hydrogen) atoms. The molecule has 2 N–H and O–H groups in total. The molecule has 84 valence electrons. The lowest BCUT2D eigenvalue weighted by Gasteiger charge is -2.20. The van der Waals surface area contributed by atoms with E-state index in [4.69, 9.17) is 5.73 Å². The van der Waals surface area contributed by atoms with E-state index in [1.165, 1.54) is 24.3 Å².